The standard InChI is InChI=1S/C14H16Cl2N4O/c15-5-4-13-17-18-14(21-13)20-8-6-19(7-9-20)12-3-1-2-11(16)10-12/h1-3,10H,4-9H2. The van der Waals surface area contributed by atoms with Gasteiger partial charge < -0.3 is 14.2 Å². The number of aromatic nitrogens is 2. The Labute approximate surface area is 133 Å². The maximum absolute atomic E-state index is 6.04. The first-order valence-electron chi connectivity index (χ1n) is 6.90. The van der Waals surface area contributed by atoms with Crippen LogP contribution in [0.4, 0.5) is 11.7 Å². The zero-order valence-electron chi connectivity index (χ0n) is 11.5. The van der Waals surface area contributed by atoms with Crippen molar-refractivity contribution in [3.63, 3.8) is 0 Å². The van der Waals surface area contributed by atoms with E-state index < -0.39 is 0 Å². The van der Waals surface area contributed by atoms with Crippen LogP contribution < -0.4 is 9.80 Å². The number of benzene rings is 1. The average Bonchev–Trinajstić information content (AvgIpc) is 2.97. The van der Waals surface area contributed by atoms with E-state index in [1.54, 1.807) is 0 Å². The summed E-state index contributed by atoms with van der Waals surface area (Å²) in [6, 6.07) is 8.51. The van der Waals surface area contributed by atoms with Gasteiger partial charge in [-0.25, -0.2) is 0 Å². The van der Waals surface area contributed by atoms with Gasteiger partial charge in [0.05, 0.1) is 0 Å². The maximum atomic E-state index is 6.04. The Morgan fingerprint density at radius 3 is 2.57 bits per heavy atom. The number of aryl methyl sites for hydroxylation is 1. The highest BCUT2D eigenvalue weighted by molar-refractivity contribution is 6.30. The summed E-state index contributed by atoms with van der Waals surface area (Å²) < 4.78 is 5.60. The molecule has 0 radical (unpaired) electrons. The van der Waals surface area contributed by atoms with Crippen LogP contribution in [0.5, 0.6) is 0 Å². The summed E-state index contributed by atoms with van der Waals surface area (Å²) >= 11 is 11.7. The zero-order chi connectivity index (χ0) is 14.7. The monoisotopic (exact) mass is 326 g/mol. The van der Waals surface area contributed by atoms with E-state index in [1.807, 2.05) is 18.2 Å². The van der Waals surface area contributed by atoms with Crippen LogP contribution in [0.2, 0.25) is 5.02 Å². The highest BCUT2D eigenvalue weighted by atomic mass is 35.5. The summed E-state index contributed by atoms with van der Waals surface area (Å²) in [4.78, 5) is 4.41. The number of halogens is 2. The SMILES string of the molecule is ClCCc1nnc(N2CCN(c3cccc(Cl)c3)CC2)o1. The van der Waals surface area contributed by atoms with Gasteiger partial charge in [-0.15, -0.1) is 16.7 Å². The predicted molar refractivity (Wildman–Crippen MR) is 84.6 cm³/mol. The number of anilines is 2. The number of rotatable bonds is 4. The van der Waals surface area contributed by atoms with E-state index in [0.717, 1.165) is 36.9 Å². The van der Waals surface area contributed by atoms with Crippen molar-refractivity contribution in [3.05, 3.63) is 35.2 Å². The molecule has 0 unspecified atom stereocenters. The fourth-order valence-electron chi connectivity index (χ4n) is 2.38. The van der Waals surface area contributed by atoms with Gasteiger partial charge in [0.2, 0.25) is 5.89 Å². The summed E-state index contributed by atoms with van der Waals surface area (Å²) in [5.74, 6) is 1.08. The summed E-state index contributed by atoms with van der Waals surface area (Å²) in [5.41, 5.74) is 1.15. The average molecular weight is 327 g/mol. The van der Waals surface area contributed by atoms with Crippen molar-refractivity contribution in [1.82, 2.24) is 10.2 Å². The lowest BCUT2D eigenvalue weighted by Crippen LogP contribution is -2.46. The van der Waals surface area contributed by atoms with Gasteiger partial charge in [-0.1, -0.05) is 22.8 Å². The molecule has 21 heavy (non-hydrogen) atoms. The molecule has 7 heteroatoms. The Morgan fingerprint density at radius 1 is 1.10 bits per heavy atom. The highest BCUT2D eigenvalue weighted by Crippen LogP contribution is 2.22. The minimum absolute atomic E-state index is 0.490. The lowest BCUT2D eigenvalue weighted by atomic mass is 10.2. The fraction of sp³-hybridized carbons (Fsp3) is 0.429. The first kappa shape index (κ1) is 14.5. The Balaban J connectivity index is 1.61. The number of piperazine rings is 1. The molecule has 112 valence electrons. The molecule has 0 bridgehead atoms. The second-order valence-electron chi connectivity index (χ2n) is 4.87. The molecule has 1 saturated heterocycles. The van der Waals surface area contributed by atoms with Gasteiger partial charge >= 0.3 is 6.01 Å². The molecule has 0 amide bonds. The molecule has 2 heterocycles. The van der Waals surface area contributed by atoms with Gasteiger partial charge in [-0.3, -0.25) is 0 Å². The normalized spacial score (nSPS) is 15.5. The van der Waals surface area contributed by atoms with Gasteiger partial charge in [-0.05, 0) is 18.2 Å². The van der Waals surface area contributed by atoms with Crippen LogP contribution in [-0.4, -0.2) is 42.3 Å². The Kier molecular flexibility index (Phi) is 4.51. The molecule has 1 fully saturated rings. The third-order valence-electron chi connectivity index (χ3n) is 3.49. The van der Waals surface area contributed by atoms with Gasteiger partial charge in [0.25, 0.3) is 0 Å². The van der Waals surface area contributed by atoms with Crippen molar-refractivity contribution >= 4 is 34.9 Å². The van der Waals surface area contributed by atoms with E-state index in [0.29, 0.717) is 24.2 Å². The largest absolute Gasteiger partial charge is 0.408 e. The van der Waals surface area contributed by atoms with Crippen LogP contribution in [0, 0.1) is 0 Å². The van der Waals surface area contributed by atoms with Crippen LogP contribution in [0.15, 0.2) is 28.7 Å². The molecule has 0 atom stereocenters. The zero-order valence-corrected chi connectivity index (χ0v) is 13.0. The van der Waals surface area contributed by atoms with Gasteiger partial charge in [0, 0.05) is 49.2 Å². The number of alkyl halides is 1. The van der Waals surface area contributed by atoms with Crippen LogP contribution in [-0.2, 0) is 6.42 Å². The first-order valence-corrected chi connectivity index (χ1v) is 7.81. The molecule has 0 saturated carbocycles. The molecule has 0 spiro atoms. The molecule has 1 aromatic heterocycles. The Morgan fingerprint density at radius 2 is 1.86 bits per heavy atom. The molecule has 1 aromatic carbocycles. The molecule has 0 aliphatic carbocycles. The van der Waals surface area contributed by atoms with Gasteiger partial charge in [0.15, 0.2) is 0 Å². The van der Waals surface area contributed by atoms with Crippen molar-refractivity contribution in [3.8, 4) is 0 Å². The third-order valence-corrected chi connectivity index (χ3v) is 3.91. The van der Waals surface area contributed by atoms with Crippen LogP contribution in [0.3, 0.4) is 0 Å². The van der Waals surface area contributed by atoms with Crippen molar-refractivity contribution in [2.75, 3.05) is 41.9 Å². The van der Waals surface area contributed by atoms with E-state index in [9.17, 15) is 0 Å². The lowest BCUT2D eigenvalue weighted by molar-refractivity contribution is 0.479. The second kappa shape index (κ2) is 6.54. The summed E-state index contributed by atoms with van der Waals surface area (Å²) in [7, 11) is 0. The van der Waals surface area contributed by atoms with Crippen molar-refractivity contribution in [1.29, 1.82) is 0 Å². The minimum atomic E-state index is 0.490. The number of hydrogen-bond acceptors (Lipinski definition) is 5. The molecule has 3 rings (SSSR count). The van der Waals surface area contributed by atoms with Crippen LogP contribution in [0.1, 0.15) is 5.89 Å². The molecule has 1 aliphatic rings. The third kappa shape index (κ3) is 3.41. The molecule has 1 aliphatic heterocycles. The van der Waals surface area contributed by atoms with Gasteiger partial charge in [-0.2, -0.15) is 0 Å². The Hall–Kier alpha value is -1.46. The molecular weight excluding hydrogens is 311 g/mol. The minimum Gasteiger partial charge on any atom is -0.408 e. The van der Waals surface area contributed by atoms with Crippen LogP contribution in [0.25, 0.3) is 0 Å². The molecular formula is C14H16Cl2N4O. The Bertz CT molecular complexity index is 596. The number of hydrogen-bond donors (Lipinski definition) is 0. The van der Waals surface area contributed by atoms with E-state index >= 15 is 0 Å². The smallest absolute Gasteiger partial charge is 0.318 e. The first-order chi connectivity index (χ1) is 10.3. The molecule has 2 aromatic rings. The maximum Gasteiger partial charge on any atom is 0.318 e. The fourth-order valence-corrected chi connectivity index (χ4v) is 2.73. The van der Waals surface area contributed by atoms with E-state index in [-0.39, 0.29) is 0 Å². The van der Waals surface area contributed by atoms with E-state index in [1.165, 1.54) is 0 Å². The predicted octanol–water partition coefficient (Wildman–Crippen LogP) is 2.83. The topological polar surface area (TPSA) is 45.4 Å². The second-order valence-corrected chi connectivity index (χ2v) is 5.69. The van der Waals surface area contributed by atoms with Gasteiger partial charge in [0.1, 0.15) is 0 Å². The van der Waals surface area contributed by atoms with Crippen molar-refractivity contribution < 1.29 is 4.42 Å². The van der Waals surface area contributed by atoms with Crippen molar-refractivity contribution in [2.24, 2.45) is 0 Å². The summed E-state index contributed by atoms with van der Waals surface area (Å²) in [5, 5.41) is 8.84. The quantitative estimate of drug-likeness (QED) is 0.808. The van der Waals surface area contributed by atoms with E-state index in [4.69, 9.17) is 27.6 Å². The summed E-state index contributed by atoms with van der Waals surface area (Å²) in [6.45, 7) is 3.48. The lowest BCUT2D eigenvalue weighted by Gasteiger charge is -2.35. The number of nitrogens with zero attached hydrogens (tertiary/aromatic N) is 4. The van der Waals surface area contributed by atoms with Crippen LogP contribution >= 0.6 is 23.2 Å². The molecule has 5 nitrogen and oxygen atoms in total. The summed E-state index contributed by atoms with van der Waals surface area (Å²) in [6.07, 6.45) is 0.608. The highest BCUT2D eigenvalue weighted by Gasteiger charge is 2.21. The van der Waals surface area contributed by atoms with Crippen molar-refractivity contribution in [2.45, 2.75) is 6.42 Å². The van der Waals surface area contributed by atoms with E-state index in [2.05, 4.69) is 26.1 Å². The molecule has 0 N–H and O–H groups in total.